The number of benzene rings is 2. The summed E-state index contributed by atoms with van der Waals surface area (Å²) < 4.78 is 0. The van der Waals surface area contributed by atoms with Crippen LogP contribution in [-0.4, -0.2) is 70.7 Å². The normalized spacial score (nSPS) is 25.2. The van der Waals surface area contributed by atoms with Crippen LogP contribution in [-0.2, 0) is 32.0 Å². The van der Waals surface area contributed by atoms with Crippen molar-refractivity contribution < 1.29 is 19.2 Å². The van der Waals surface area contributed by atoms with Gasteiger partial charge in [0.15, 0.2) is 0 Å². The first-order chi connectivity index (χ1) is 23.5. The lowest BCUT2D eigenvalue weighted by atomic mass is 9.86. The number of fused-ring (bicyclic) bond motifs is 2. The van der Waals surface area contributed by atoms with E-state index in [4.69, 9.17) is 0 Å². The van der Waals surface area contributed by atoms with Crippen LogP contribution in [0.15, 0.2) is 85.0 Å². The summed E-state index contributed by atoms with van der Waals surface area (Å²) in [7, 11) is 0. The zero-order valence-corrected chi connectivity index (χ0v) is 28.0. The summed E-state index contributed by atoms with van der Waals surface area (Å²) in [5.41, 5.74) is 2.08. The van der Waals surface area contributed by atoms with Crippen LogP contribution in [0.3, 0.4) is 0 Å². The number of hydrogen-bond acceptors (Lipinski definition) is 4. The first-order valence-electron chi connectivity index (χ1n) is 18.1. The highest BCUT2D eigenvalue weighted by Gasteiger charge is 2.36. The molecule has 2 saturated heterocycles. The minimum atomic E-state index is -0.591. The van der Waals surface area contributed by atoms with Gasteiger partial charge in [-0.3, -0.25) is 19.2 Å². The molecule has 0 radical (unpaired) electrons. The lowest BCUT2D eigenvalue weighted by molar-refractivity contribution is -0.139. The molecular weight excluding hydrogens is 600 g/mol. The van der Waals surface area contributed by atoms with E-state index >= 15 is 0 Å². The van der Waals surface area contributed by atoms with E-state index in [9.17, 15) is 19.2 Å². The average Bonchev–Trinajstić information content (AvgIpc) is 3.37. The van der Waals surface area contributed by atoms with Gasteiger partial charge in [0.2, 0.25) is 23.6 Å². The summed E-state index contributed by atoms with van der Waals surface area (Å²) in [5.74, 6) is -1.16. The topological polar surface area (TPSA) is 98.8 Å². The van der Waals surface area contributed by atoms with Gasteiger partial charge >= 0.3 is 0 Å². The van der Waals surface area contributed by atoms with E-state index in [1.54, 1.807) is 0 Å². The fraction of sp³-hybridized carbons (Fsp3) is 0.500. The van der Waals surface area contributed by atoms with Gasteiger partial charge in [-0.2, -0.15) is 0 Å². The van der Waals surface area contributed by atoms with Crippen LogP contribution < -0.4 is 10.6 Å². The highest BCUT2D eigenvalue weighted by molar-refractivity contribution is 5.90. The second-order valence-corrected chi connectivity index (χ2v) is 14.0. The van der Waals surface area contributed by atoms with E-state index in [1.807, 2.05) is 82.6 Å². The van der Waals surface area contributed by atoms with Gasteiger partial charge in [-0.05, 0) is 88.2 Å². The fourth-order valence-corrected chi connectivity index (χ4v) is 7.88. The molecule has 254 valence electrons. The molecule has 0 spiro atoms. The van der Waals surface area contributed by atoms with Gasteiger partial charge in [0.1, 0.15) is 12.1 Å². The molecule has 0 bridgehead atoms. The Morgan fingerprint density at radius 1 is 0.625 bits per heavy atom. The quantitative estimate of drug-likeness (QED) is 0.330. The summed E-state index contributed by atoms with van der Waals surface area (Å²) in [5, 5.41) is 6.26. The predicted molar refractivity (Wildman–Crippen MR) is 187 cm³/mol. The zero-order chi connectivity index (χ0) is 33.3. The standard InChI is InChI=1S/C40H50N4O4/c45-37(41-35-21-11-19-33-17-7-9-25-43(33)39(35)47)31(27-29-13-3-1-4-14-29)23-24-32(28-30-15-5-2-6-16-30)38(46)42-36-22-12-20-34-18-8-10-26-44(34)40(36)48/h1-6,11-16,19-20,31-36H,7-10,17-18,21-28H2,(H,41,45)(H,42,46)/t31-,32-,33-,34-,35+,36+/m1/s1. The van der Waals surface area contributed by atoms with Gasteiger partial charge in [-0.1, -0.05) is 85.0 Å². The molecule has 0 saturated carbocycles. The highest BCUT2D eigenvalue weighted by atomic mass is 16.2. The average molecular weight is 651 g/mol. The maximum Gasteiger partial charge on any atom is 0.245 e. The third-order valence-electron chi connectivity index (χ3n) is 10.6. The minimum Gasteiger partial charge on any atom is -0.344 e. The molecule has 2 N–H and O–H groups in total. The fourth-order valence-electron chi connectivity index (χ4n) is 7.88. The van der Waals surface area contributed by atoms with E-state index < -0.39 is 23.9 Å². The Morgan fingerprint density at radius 3 is 1.46 bits per heavy atom. The SMILES string of the molecule is O=C(N[C@H]1CC=C[C@H]2CCCCN2C1=O)[C@H](CC[C@H](Cc1ccccc1)C(=O)N[C@H]1CC=C[C@H]2CCCCN2C1=O)Cc1ccccc1. The molecule has 2 fully saturated rings. The van der Waals surface area contributed by atoms with Crippen LogP contribution in [0, 0.1) is 11.8 Å². The first-order valence-corrected chi connectivity index (χ1v) is 18.1. The van der Waals surface area contributed by atoms with E-state index in [2.05, 4.69) is 22.8 Å². The second-order valence-electron chi connectivity index (χ2n) is 14.0. The van der Waals surface area contributed by atoms with E-state index in [0.717, 1.165) is 62.7 Å². The van der Waals surface area contributed by atoms with Gasteiger partial charge in [0, 0.05) is 24.9 Å². The number of carbonyl (C=O) groups is 4. The second kappa shape index (κ2) is 16.3. The molecule has 6 atom stereocenters. The molecule has 4 aliphatic rings. The molecular formula is C40H50N4O4. The van der Waals surface area contributed by atoms with Crippen LogP contribution in [0.2, 0.25) is 0 Å². The maximum atomic E-state index is 14.0. The first kappa shape index (κ1) is 33.7. The van der Waals surface area contributed by atoms with Gasteiger partial charge in [0.05, 0.1) is 12.1 Å². The van der Waals surface area contributed by atoms with Gasteiger partial charge in [-0.25, -0.2) is 0 Å². The maximum absolute atomic E-state index is 14.0. The predicted octanol–water partition coefficient (Wildman–Crippen LogP) is 5.14. The van der Waals surface area contributed by atoms with Crippen molar-refractivity contribution in [2.24, 2.45) is 11.8 Å². The molecule has 2 aromatic rings. The number of amides is 4. The summed E-state index contributed by atoms with van der Waals surface area (Å²) in [4.78, 5) is 59.1. The van der Waals surface area contributed by atoms with Crippen LogP contribution in [0.1, 0.15) is 75.3 Å². The number of piperidine rings is 2. The third-order valence-corrected chi connectivity index (χ3v) is 10.6. The Bertz CT molecular complexity index is 1360. The Morgan fingerprint density at radius 2 is 1.04 bits per heavy atom. The van der Waals surface area contributed by atoms with Crippen molar-refractivity contribution in [3.05, 3.63) is 96.1 Å². The summed E-state index contributed by atoms with van der Waals surface area (Å²) in [6.45, 7) is 1.45. The smallest absolute Gasteiger partial charge is 0.245 e. The van der Waals surface area contributed by atoms with Crippen molar-refractivity contribution in [3.8, 4) is 0 Å². The molecule has 4 heterocycles. The Kier molecular flexibility index (Phi) is 11.4. The lowest BCUT2D eigenvalue weighted by Gasteiger charge is -2.35. The molecule has 4 amide bonds. The molecule has 2 aromatic carbocycles. The third kappa shape index (κ3) is 8.44. The van der Waals surface area contributed by atoms with Crippen molar-refractivity contribution in [3.63, 3.8) is 0 Å². The van der Waals surface area contributed by atoms with Crippen LogP contribution >= 0.6 is 0 Å². The molecule has 48 heavy (non-hydrogen) atoms. The number of rotatable bonds is 11. The Hall–Kier alpha value is -4.20. The van der Waals surface area contributed by atoms with E-state index in [-0.39, 0.29) is 35.7 Å². The number of carbonyl (C=O) groups excluding carboxylic acids is 4. The monoisotopic (exact) mass is 650 g/mol. The molecule has 0 aliphatic carbocycles. The Labute approximate surface area is 285 Å². The van der Waals surface area contributed by atoms with Crippen molar-refractivity contribution >= 4 is 23.6 Å². The van der Waals surface area contributed by atoms with Crippen LogP contribution in [0.4, 0.5) is 0 Å². The van der Waals surface area contributed by atoms with Crippen molar-refractivity contribution in [1.82, 2.24) is 20.4 Å². The van der Waals surface area contributed by atoms with Gasteiger partial charge in [-0.15, -0.1) is 0 Å². The molecule has 8 heteroatoms. The van der Waals surface area contributed by atoms with E-state index in [0.29, 0.717) is 38.5 Å². The van der Waals surface area contributed by atoms with Crippen LogP contribution in [0.5, 0.6) is 0 Å². The number of nitrogens with one attached hydrogen (secondary N) is 2. The van der Waals surface area contributed by atoms with Crippen molar-refractivity contribution in [2.75, 3.05) is 13.1 Å². The van der Waals surface area contributed by atoms with Gasteiger partial charge < -0.3 is 20.4 Å². The van der Waals surface area contributed by atoms with Crippen molar-refractivity contribution in [1.29, 1.82) is 0 Å². The molecule has 0 unspecified atom stereocenters. The van der Waals surface area contributed by atoms with E-state index in [1.165, 1.54) is 0 Å². The highest BCUT2D eigenvalue weighted by Crippen LogP contribution is 2.26. The molecule has 4 aliphatic heterocycles. The molecule has 8 nitrogen and oxygen atoms in total. The minimum absolute atomic E-state index is 0.00379. The van der Waals surface area contributed by atoms with Gasteiger partial charge in [0.25, 0.3) is 0 Å². The summed E-state index contributed by atoms with van der Waals surface area (Å²) >= 11 is 0. The summed E-state index contributed by atoms with van der Waals surface area (Å²) in [6, 6.07) is 18.9. The zero-order valence-electron chi connectivity index (χ0n) is 28.0. The molecule has 6 rings (SSSR count). The lowest BCUT2D eigenvalue weighted by Crippen LogP contribution is -2.53. The number of hydrogen-bond donors (Lipinski definition) is 2. The Balaban J connectivity index is 1.17. The van der Waals surface area contributed by atoms with Crippen molar-refractivity contribution in [2.45, 2.75) is 101 Å². The van der Waals surface area contributed by atoms with Crippen LogP contribution in [0.25, 0.3) is 0 Å². The summed E-state index contributed by atoms with van der Waals surface area (Å²) in [6.07, 6.45) is 17.4. The molecule has 0 aromatic heterocycles. The number of nitrogens with zero attached hydrogens (tertiary/aromatic N) is 2. The largest absolute Gasteiger partial charge is 0.344 e.